The van der Waals surface area contributed by atoms with Gasteiger partial charge in [-0.25, -0.2) is 4.98 Å². The Bertz CT molecular complexity index is 303. The molecule has 1 aromatic rings. The van der Waals surface area contributed by atoms with E-state index < -0.39 is 0 Å². The normalized spacial score (nSPS) is 27.9. The molecule has 0 aliphatic carbocycles. The van der Waals surface area contributed by atoms with Crippen LogP contribution in [-0.2, 0) is 6.61 Å². The number of thioether (sulfide) groups is 2. The fourth-order valence-corrected chi connectivity index (χ4v) is 4.25. The second-order valence-corrected chi connectivity index (χ2v) is 6.05. The zero-order valence-electron chi connectivity index (χ0n) is 8.06. The third kappa shape index (κ3) is 2.10. The van der Waals surface area contributed by atoms with Crippen molar-refractivity contribution >= 4 is 23.5 Å². The Hall–Kier alpha value is -0.130. The maximum atomic E-state index is 8.93. The van der Waals surface area contributed by atoms with E-state index in [1.165, 1.54) is 11.5 Å². The van der Waals surface area contributed by atoms with Crippen LogP contribution in [0, 0.1) is 0 Å². The molecular formula is C9H14N2OS2. The van der Waals surface area contributed by atoms with E-state index in [0.717, 1.165) is 11.5 Å². The van der Waals surface area contributed by atoms with Crippen molar-refractivity contribution < 1.29 is 5.11 Å². The molecule has 2 heterocycles. The number of aliphatic hydroxyl groups is 1. The van der Waals surface area contributed by atoms with Gasteiger partial charge in [0.25, 0.3) is 0 Å². The largest absolute Gasteiger partial charge is 0.390 e. The number of rotatable bonds is 2. The second kappa shape index (κ2) is 4.59. The highest BCUT2D eigenvalue weighted by atomic mass is 32.2. The lowest BCUT2D eigenvalue weighted by molar-refractivity contribution is 0.277. The number of H-pyrrole nitrogens is 1. The quantitative estimate of drug-likeness (QED) is 0.813. The number of aromatic amines is 1. The Kier molecular flexibility index (Phi) is 3.41. The Labute approximate surface area is 92.1 Å². The maximum Gasteiger partial charge on any atom is 0.120 e. The van der Waals surface area contributed by atoms with Gasteiger partial charge in [-0.05, 0) is 0 Å². The Morgan fingerprint density at radius 2 is 2.36 bits per heavy atom. The zero-order valence-corrected chi connectivity index (χ0v) is 9.70. The van der Waals surface area contributed by atoms with E-state index in [1.807, 2.05) is 23.5 Å². The van der Waals surface area contributed by atoms with Gasteiger partial charge in [-0.3, -0.25) is 0 Å². The van der Waals surface area contributed by atoms with Crippen LogP contribution in [0.1, 0.15) is 23.7 Å². The van der Waals surface area contributed by atoms with Crippen LogP contribution in [0.5, 0.6) is 0 Å². The van der Waals surface area contributed by atoms with Gasteiger partial charge >= 0.3 is 0 Å². The van der Waals surface area contributed by atoms with Crippen molar-refractivity contribution in [2.24, 2.45) is 0 Å². The molecule has 14 heavy (non-hydrogen) atoms. The summed E-state index contributed by atoms with van der Waals surface area (Å²) in [7, 11) is 0. The minimum atomic E-state index is 0.0475. The summed E-state index contributed by atoms with van der Waals surface area (Å²) >= 11 is 3.95. The lowest BCUT2D eigenvalue weighted by Gasteiger charge is -2.26. The highest BCUT2D eigenvalue weighted by Gasteiger charge is 2.26. The summed E-state index contributed by atoms with van der Waals surface area (Å²) in [5, 5.41) is 9.99. The number of imidazole rings is 1. The van der Waals surface area contributed by atoms with Crippen molar-refractivity contribution in [3.05, 3.63) is 17.7 Å². The van der Waals surface area contributed by atoms with Gasteiger partial charge in [-0.2, -0.15) is 11.8 Å². The molecule has 5 heteroatoms. The Balaban J connectivity index is 2.12. The summed E-state index contributed by atoms with van der Waals surface area (Å²) in [6.07, 6.45) is 1.72. The maximum absolute atomic E-state index is 8.93. The fourth-order valence-electron chi connectivity index (χ4n) is 1.53. The summed E-state index contributed by atoms with van der Waals surface area (Å²) in [5.74, 6) is 3.43. The minimum Gasteiger partial charge on any atom is -0.390 e. The van der Waals surface area contributed by atoms with Gasteiger partial charge in [-0.15, -0.1) is 11.8 Å². The number of nitrogens with zero attached hydrogens (tertiary/aromatic N) is 1. The summed E-state index contributed by atoms with van der Waals surface area (Å²) < 4.78 is 0. The molecule has 1 fully saturated rings. The van der Waals surface area contributed by atoms with Crippen LogP contribution in [0.3, 0.4) is 0 Å². The second-order valence-electron chi connectivity index (χ2n) is 3.32. The smallest absolute Gasteiger partial charge is 0.120 e. The number of aliphatic hydroxyl groups excluding tert-OH is 1. The van der Waals surface area contributed by atoms with E-state index in [4.69, 9.17) is 5.11 Å². The highest BCUT2D eigenvalue weighted by molar-refractivity contribution is 8.06. The van der Waals surface area contributed by atoms with Crippen molar-refractivity contribution in [3.8, 4) is 0 Å². The van der Waals surface area contributed by atoms with Crippen LogP contribution < -0.4 is 0 Å². The molecule has 0 saturated carbocycles. The predicted octanol–water partition coefficient (Wildman–Crippen LogP) is 1.81. The van der Waals surface area contributed by atoms with E-state index in [1.54, 1.807) is 6.20 Å². The third-order valence-corrected chi connectivity index (χ3v) is 5.37. The van der Waals surface area contributed by atoms with Crippen molar-refractivity contribution in [1.82, 2.24) is 9.97 Å². The van der Waals surface area contributed by atoms with Crippen LogP contribution in [0.2, 0.25) is 0 Å². The average molecular weight is 230 g/mol. The molecule has 2 atom stereocenters. The highest BCUT2D eigenvalue weighted by Crippen LogP contribution is 2.40. The van der Waals surface area contributed by atoms with Crippen LogP contribution in [0.15, 0.2) is 6.20 Å². The van der Waals surface area contributed by atoms with Crippen molar-refractivity contribution in [2.75, 3.05) is 11.5 Å². The van der Waals surface area contributed by atoms with E-state index in [0.29, 0.717) is 10.5 Å². The van der Waals surface area contributed by atoms with Gasteiger partial charge in [-0.1, -0.05) is 6.92 Å². The Morgan fingerprint density at radius 1 is 1.57 bits per heavy atom. The number of hydrogen-bond acceptors (Lipinski definition) is 4. The molecule has 3 nitrogen and oxygen atoms in total. The average Bonchev–Trinajstić information content (AvgIpc) is 2.67. The van der Waals surface area contributed by atoms with Crippen LogP contribution in [0.4, 0.5) is 0 Å². The van der Waals surface area contributed by atoms with Gasteiger partial charge in [0, 0.05) is 16.8 Å². The van der Waals surface area contributed by atoms with E-state index in [-0.39, 0.29) is 6.61 Å². The SMILES string of the molecule is CC1SCCSC1c1ncc(CO)[nH]1. The van der Waals surface area contributed by atoms with Gasteiger partial charge in [0.1, 0.15) is 5.82 Å². The first-order valence-electron chi connectivity index (χ1n) is 4.69. The van der Waals surface area contributed by atoms with Crippen LogP contribution in [-0.4, -0.2) is 31.8 Å². The van der Waals surface area contributed by atoms with Crippen molar-refractivity contribution in [1.29, 1.82) is 0 Å². The molecule has 1 aromatic heterocycles. The number of nitrogens with one attached hydrogen (secondary N) is 1. The molecule has 2 unspecified atom stereocenters. The summed E-state index contributed by atoms with van der Waals surface area (Å²) in [5.41, 5.74) is 0.809. The molecular weight excluding hydrogens is 216 g/mol. The topological polar surface area (TPSA) is 48.9 Å². The molecule has 1 saturated heterocycles. The molecule has 78 valence electrons. The summed E-state index contributed by atoms with van der Waals surface area (Å²) in [6.45, 7) is 2.29. The number of aromatic nitrogens is 2. The van der Waals surface area contributed by atoms with Crippen molar-refractivity contribution in [2.45, 2.75) is 24.0 Å². The third-order valence-electron chi connectivity index (χ3n) is 2.28. The first kappa shape index (κ1) is 10.4. The van der Waals surface area contributed by atoms with Crippen LogP contribution in [0.25, 0.3) is 0 Å². The molecule has 1 aliphatic rings. The van der Waals surface area contributed by atoms with E-state index in [2.05, 4.69) is 16.9 Å². The monoisotopic (exact) mass is 230 g/mol. The fraction of sp³-hybridized carbons (Fsp3) is 0.667. The van der Waals surface area contributed by atoms with Gasteiger partial charge in [0.05, 0.1) is 23.7 Å². The first-order chi connectivity index (χ1) is 6.81. The lowest BCUT2D eigenvalue weighted by atomic mass is 10.3. The standard InChI is InChI=1S/C9H14N2OS2/c1-6-8(14-3-2-13-6)9-10-4-7(5-12)11-9/h4,6,8,12H,2-3,5H2,1H3,(H,10,11). The Morgan fingerprint density at radius 3 is 3.00 bits per heavy atom. The minimum absolute atomic E-state index is 0.0475. The van der Waals surface area contributed by atoms with Gasteiger partial charge in [0.15, 0.2) is 0 Å². The van der Waals surface area contributed by atoms with E-state index in [9.17, 15) is 0 Å². The molecule has 0 radical (unpaired) electrons. The first-order valence-corrected chi connectivity index (χ1v) is 6.79. The van der Waals surface area contributed by atoms with Gasteiger partial charge in [0.2, 0.25) is 0 Å². The summed E-state index contributed by atoms with van der Waals surface area (Å²) in [4.78, 5) is 7.48. The zero-order chi connectivity index (χ0) is 9.97. The molecule has 2 rings (SSSR count). The molecule has 2 N–H and O–H groups in total. The molecule has 1 aliphatic heterocycles. The molecule has 0 aromatic carbocycles. The van der Waals surface area contributed by atoms with Gasteiger partial charge < -0.3 is 10.1 Å². The predicted molar refractivity (Wildman–Crippen MR) is 61.6 cm³/mol. The molecule has 0 spiro atoms. The summed E-state index contributed by atoms with van der Waals surface area (Å²) in [6, 6.07) is 0. The van der Waals surface area contributed by atoms with E-state index >= 15 is 0 Å². The molecule has 0 amide bonds. The van der Waals surface area contributed by atoms with Crippen LogP contribution >= 0.6 is 23.5 Å². The number of hydrogen-bond donors (Lipinski definition) is 2. The lowest BCUT2D eigenvalue weighted by Crippen LogP contribution is -2.16. The van der Waals surface area contributed by atoms with Crippen molar-refractivity contribution in [3.63, 3.8) is 0 Å². The molecule has 0 bridgehead atoms.